The summed E-state index contributed by atoms with van der Waals surface area (Å²) >= 11 is 2.24. The van der Waals surface area contributed by atoms with E-state index in [2.05, 4.69) is 33.0 Å². The second kappa shape index (κ2) is 4.48. The van der Waals surface area contributed by atoms with Crippen LogP contribution in [0.5, 0.6) is 0 Å². The summed E-state index contributed by atoms with van der Waals surface area (Å²) in [6, 6.07) is 5.45. The van der Waals surface area contributed by atoms with Crippen molar-refractivity contribution < 1.29 is 9.59 Å². The van der Waals surface area contributed by atoms with Gasteiger partial charge in [0.05, 0.1) is 5.52 Å². The number of amides is 3. The molecule has 1 N–H and O–H groups in total. The average Bonchev–Trinajstić information content (AvgIpc) is 2.68. The molecular formula is C12H11IN4O2. The maximum Gasteiger partial charge on any atom is 0.329 e. The molecular weight excluding hydrogens is 359 g/mol. The molecule has 1 aromatic carbocycles. The summed E-state index contributed by atoms with van der Waals surface area (Å²) in [6.45, 7) is 0.363. The van der Waals surface area contributed by atoms with E-state index in [1.165, 1.54) is 4.90 Å². The fourth-order valence-electron chi connectivity index (χ4n) is 2.24. The SMILES string of the molecule is Cn1nc(N2CCC(=O)NC2=O)c2cccc(I)c21. The Morgan fingerprint density at radius 1 is 1.37 bits per heavy atom. The Morgan fingerprint density at radius 3 is 2.89 bits per heavy atom. The lowest BCUT2D eigenvalue weighted by atomic mass is 10.2. The lowest BCUT2D eigenvalue weighted by Crippen LogP contribution is -2.49. The Hall–Kier alpha value is -1.64. The van der Waals surface area contributed by atoms with Crippen molar-refractivity contribution in [3.05, 3.63) is 21.8 Å². The number of benzene rings is 1. The van der Waals surface area contributed by atoms with Crippen LogP contribution in [0.3, 0.4) is 0 Å². The quantitative estimate of drug-likeness (QED) is 0.776. The van der Waals surface area contributed by atoms with E-state index in [0.29, 0.717) is 18.8 Å². The summed E-state index contributed by atoms with van der Waals surface area (Å²) in [5.41, 5.74) is 0.989. The predicted octanol–water partition coefficient (Wildman–Crippen LogP) is 1.62. The molecule has 1 aromatic heterocycles. The number of para-hydroxylation sites is 1. The molecule has 19 heavy (non-hydrogen) atoms. The summed E-state index contributed by atoms with van der Waals surface area (Å²) in [5.74, 6) is 0.358. The van der Waals surface area contributed by atoms with Gasteiger partial charge in [0.1, 0.15) is 0 Å². The van der Waals surface area contributed by atoms with Crippen molar-refractivity contribution in [1.82, 2.24) is 15.1 Å². The monoisotopic (exact) mass is 370 g/mol. The number of carbonyl (C=O) groups is 2. The van der Waals surface area contributed by atoms with Crippen LogP contribution in [0.4, 0.5) is 10.6 Å². The van der Waals surface area contributed by atoms with Gasteiger partial charge in [-0.1, -0.05) is 6.07 Å². The van der Waals surface area contributed by atoms with Gasteiger partial charge in [-0.3, -0.25) is 19.7 Å². The molecule has 2 aromatic rings. The zero-order chi connectivity index (χ0) is 13.6. The van der Waals surface area contributed by atoms with Gasteiger partial charge >= 0.3 is 6.03 Å². The smallest absolute Gasteiger partial charge is 0.278 e. The van der Waals surface area contributed by atoms with Crippen LogP contribution in [0.15, 0.2) is 18.2 Å². The topological polar surface area (TPSA) is 67.2 Å². The number of hydrogen-bond acceptors (Lipinski definition) is 3. The number of urea groups is 1. The molecule has 1 saturated heterocycles. The van der Waals surface area contributed by atoms with Crippen LogP contribution in [0, 0.1) is 3.57 Å². The minimum Gasteiger partial charge on any atom is -0.278 e. The number of hydrogen-bond donors (Lipinski definition) is 1. The number of nitrogens with one attached hydrogen (secondary N) is 1. The Bertz CT molecular complexity index is 694. The van der Waals surface area contributed by atoms with E-state index in [1.807, 2.05) is 25.2 Å². The molecule has 0 spiro atoms. The van der Waals surface area contributed by atoms with Crippen molar-refractivity contribution in [2.45, 2.75) is 6.42 Å². The summed E-state index contributed by atoms with van der Waals surface area (Å²) in [4.78, 5) is 24.6. The molecule has 1 aliphatic heterocycles. The number of aromatic nitrogens is 2. The molecule has 3 amide bonds. The summed E-state index contributed by atoms with van der Waals surface area (Å²) in [7, 11) is 1.85. The third-order valence-electron chi connectivity index (χ3n) is 3.11. The van der Waals surface area contributed by atoms with Crippen LogP contribution in [-0.2, 0) is 11.8 Å². The molecule has 6 nitrogen and oxygen atoms in total. The second-order valence-electron chi connectivity index (χ2n) is 4.34. The minimum atomic E-state index is -0.407. The van der Waals surface area contributed by atoms with E-state index >= 15 is 0 Å². The summed E-state index contributed by atoms with van der Waals surface area (Å²) in [6.07, 6.45) is 0.299. The maximum absolute atomic E-state index is 11.9. The first-order valence-corrected chi connectivity index (χ1v) is 6.88. The molecule has 1 aliphatic rings. The number of anilines is 1. The number of imide groups is 1. The number of halogens is 1. The fraction of sp³-hybridized carbons (Fsp3) is 0.250. The Kier molecular flexibility index (Phi) is 2.92. The van der Waals surface area contributed by atoms with E-state index < -0.39 is 6.03 Å². The van der Waals surface area contributed by atoms with Crippen LogP contribution in [-0.4, -0.2) is 28.3 Å². The highest BCUT2D eigenvalue weighted by Crippen LogP contribution is 2.29. The highest BCUT2D eigenvalue weighted by atomic mass is 127. The molecule has 0 aliphatic carbocycles. The van der Waals surface area contributed by atoms with Gasteiger partial charge in [0.15, 0.2) is 5.82 Å². The highest BCUT2D eigenvalue weighted by molar-refractivity contribution is 14.1. The van der Waals surface area contributed by atoms with E-state index in [0.717, 1.165) is 14.5 Å². The van der Waals surface area contributed by atoms with E-state index in [1.54, 1.807) is 4.68 Å². The third-order valence-corrected chi connectivity index (χ3v) is 3.98. The summed E-state index contributed by atoms with van der Waals surface area (Å²) < 4.78 is 2.83. The first-order valence-electron chi connectivity index (χ1n) is 5.80. The maximum atomic E-state index is 11.9. The first-order chi connectivity index (χ1) is 9.08. The minimum absolute atomic E-state index is 0.240. The van der Waals surface area contributed by atoms with Crippen molar-refractivity contribution in [1.29, 1.82) is 0 Å². The van der Waals surface area contributed by atoms with Gasteiger partial charge < -0.3 is 0 Å². The van der Waals surface area contributed by atoms with Gasteiger partial charge in [-0.15, -0.1) is 0 Å². The van der Waals surface area contributed by atoms with E-state index in [4.69, 9.17) is 0 Å². The van der Waals surface area contributed by atoms with Gasteiger partial charge in [-0.05, 0) is 34.7 Å². The molecule has 0 unspecified atom stereocenters. The molecule has 1 fully saturated rings. The molecule has 0 atom stereocenters. The molecule has 0 bridgehead atoms. The molecule has 7 heteroatoms. The molecule has 0 saturated carbocycles. The van der Waals surface area contributed by atoms with Crippen LogP contribution < -0.4 is 10.2 Å². The Morgan fingerprint density at radius 2 is 2.16 bits per heavy atom. The molecule has 2 heterocycles. The average molecular weight is 370 g/mol. The van der Waals surface area contributed by atoms with Crippen LogP contribution in [0.25, 0.3) is 10.9 Å². The lowest BCUT2D eigenvalue weighted by Gasteiger charge is -2.24. The van der Waals surface area contributed by atoms with Crippen LogP contribution >= 0.6 is 22.6 Å². The number of fused-ring (bicyclic) bond motifs is 1. The predicted molar refractivity (Wildman–Crippen MR) is 78.9 cm³/mol. The Balaban J connectivity index is 2.13. The van der Waals surface area contributed by atoms with Gasteiger partial charge in [0.2, 0.25) is 5.91 Å². The summed E-state index contributed by atoms with van der Waals surface area (Å²) in [5, 5.41) is 7.64. The number of rotatable bonds is 1. The number of carbonyl (C=O) groups excluding carboxylic acids is 2. The largest absolute Gasteiger partial charge is 0.329 e. The van der Waals surface area contributed by atoms with Crippen molar-refractivity contribution in [3.63, 3.8) is 0 Å². The van der Waals surface area contributed by atoms with Gasteiger partial charge in [0.25, 0.3) is 0 Å². The normalized spacial score (nSPS) is 16.0. The van der Waals surface area contributed by atoms with Gasteiger partial charge in [-0.25, -0.2) is 4.79 Å². The number of aryl methyl sites for hydroxylation is 1. The van der Waals surface area contributed by atoms with Crippen LogP contribution in [0.2, 0.25) is 0 Å². The first kappa shape index (κ1) is 12.4. The molecule has 0 radical (unpaired) electrons. The third kappa shape index (κ3) is 1.97. The van der Waals surface area contributed by atoms with Crippen molar-refractivity contribution in [3.8, 4) is 0 Å². The second-order valence-corrected chi connectivity index (χ2v) is 5.50. The van der Waals surface area contributed by atoms with E-state index in [9.17, 15) is 9.59 Å². The highest BCUT2D eigenvalue weighted by Gasteiger charge is 2.28. The van der Waals surface area contributed by atoms with Gasteiger partial charge in [-0.2, -0.15) is 5.10 Å². The van der Waals surface area contributed by atoms with Crippen LogP contribution in [0.1, 0.15) is 6.42 Å². The zero-order valence-corrected chi connectivity index (χ0v) is 12.3. The Labute approximate surface area is 122 Å². The van der Waals surface area contributed by atoms with Gasteiger partial charge in [0, 0.05) is 29.0 Å². The standard InChI is InChI=1S/C12H11IN4O2/c1-16-10-7(3-2-4-8(10)13)11(15-16)17-6-5-9(18)14-12(17)19/h2-4H,5-6H2,1H3,(H,14,18,19). The van der Waals surface area contributed by atoms with E-state index in [-0.39, 0.29) is 5.91 Å². The lowest BCUT2D eigenvalue weighted by molar-refractivity contribution is -0.120. The van der Waals surface area contributed by atoms with Crippen molar-refractivity contribution in [2.75, 3.05) is 11.4 Å². The molecule has 3 rings (SSSR count). The number of nitrogens with zero attached hydrogens (tertiary/aromatic N) is 3. The van der Waals surface area contributed by atoms with Crippen molar-refractivity contribution >= 4 is 51.2 Å². The van der Waals surface area contributed by atoms with Crippen molar-refractivity contribution in [2.24, 2.45) is 7.05 Å². The molecule has 98 valence electrons. The zero-order valence-electron chi connectivity index (χ0n) is 10.2. The fourth-order valence-corrected chi connectivity index (χ4v) is 3.08.